The molecule has 0 spiro atoms. The van der Waals surface area contributed by atoms with Crippen molar-refractivity contribution in [2.24, 2.45) is 0 Å². The quantitative estimate of drug-likeness (QED) is 0.284. The first-order valence-electron chi connectivity index (χ1n) is 7.21. The number of piperazine rings is 1. The lowest BCUT2D eigenvalue weighted by Crippen LogP contribution is -2.48. The molecule has 126 valence electrons. The third kappa shape index (κ3) is 4.15. The number of hydrogen-bond donors (Lipinski definition) is 3. The Bertz CT molecular complexity index is 598. The molecule has 2 rings (SSSR count). The predicted molar refractivity (Wildman–Crippen MR) is 80.7 cm³/mol. The Balaban J connectivity index is 2.03. The van der Waals surface area contributed by atoms with E-state index in [1.54, 1.807) is 0 Å². The number of aromatic hydroxyl groups is 2. The van der Waals surface area contributed by atoms with Crippen molar-refractivity contribution >= 4 is 11.5 Å². The minimum absolute atomic E-state index is 0.00946. The van der Waals surface area contributed by atoms with Crippen LogP contribution in [0, 0.1) is 10.1 Å². The minimum Gasteiger partial charge on any atom is -0.504 e. The highest BCUT2D eigenvalue weighted by molar-refractivity contribution is 5.99. The zero-order valence-corrected chi connectivity index (χ0v) is 12.5. The van der Waals surface area contributed by atoms with Gasteiger partial charge < -0.3 is 15.3 Å². The third-order valence-electron chi connectivity index (χ3n) is 3.84. The van der Waals surface area contributed by atoms with Gasteiger partial charge in [0, 0.05) is 44.4 Å². The number of aliphatic hydroxyl groups excluding tert-OH is 1. The molecule has 0 unspecified atom stereocenters. The van der Waals surface area contributed by atoms with Crippen LogP contribution in [0.3, 0.4) is 0 Å². The molecular weight excluding hydrogens is 306 g/mol. The van der Waals surface area contributed by atoms with Gasteiger partial charge in [-0.05, 0) is 6.07 Å². The van der Waals surface area contributed by atoms with Crippen LogP contribution in [0.4, 0.5) is 5.69 Å². The van der Waals surface area contributed by atoms with Crippen molar-refractivity contribution in [3.05, 3.63) is 27.8 Å². The lowest BCUT2D eigenvalue weighted by molar-refractivity contribution is -0.386. The second-order valence-corrected chi connectivity index (χ2v) is 5.38. The Labute approximate surface area is 132 Å². The van der Waals surface area contributed by atoms with E-state index in [4.69, 9.17) is 5.11 Å². The van der Waals surface area contributed by atoms with Crippen molar-refractivity contribution in [1.29, 1.82) is 0 Å². The van der Waals surface area contributed by atoms with E-state index in [0.717, 1.165) is 25.2 Å². The normalized spacial score (nSPS) is 16.4. The summed E-state index contributed by atoms with van der Waals surface area (Å²) in [6.07, 6.45) is 0. The number of aliphatic hydroxyl groups is 1. The summed E-state index contributed by atoms with van der Waals surface area (Å²) in [4.78, 5) is 26.2. The molecule has 0 bridgehead atoms. The van der Waals surface area contributed by atoms with Gasteiger partial charge in [-0.3, -0.25) is 24.7 Å². The fourth-order valence-electron chi connectivity index (χ4n) is 2.51. The first kappa shape index (κ1) is 17.1. The first-order valence-corrected chi connectivity index (χ1v) is 7.21. The zero-order chi connectivity index (χ0) is 17.0. The van der Waals surface area contributed by atoms with E-state index in [-0.39, 0.29) is 24.5 Å². The predicted octanol–water partition coefficient (Wildman–Crippen LogP) is -0.201. The first-order chi connectivity index (χ1) is 10.9. The summed E-state index contributed by atoms with van der Waals surface area (Å²) in [5.41, 5.74) is -0.703. The lowest BCUT2D eigenvalue weighted by Gasteiger charge is -2.33. The lowest BCUT2D eigenvalue weighted by atomic mass is 10.1. The molecule has 9 heteroatoms. The molecule has 1 aromatic rings. The molecule has 1 heterocycles. The van der Waals surface area contributed by atoms with E-state index in [1.807, 2.05) is 4.90 Å². The molecular formula is C14H19N3O6. The summed E-state index contributed by atoms with van der Waals surface area (Å²) in [5, 5.41) is 38.7. The smallest absolute Gasteiger partial charge is 0.315 e. The van der Waals surface area contributed by atoms with Gasteiger partial charge in [0.2, 0.25) is 5.75 Å². The van der Waals surface area contributed by atoms with E-state index < -0.39 is 22.1 Å². The monoisotopic (exact) mass is 325 g/mol. The van der Waals surface area contributed by atoms with Gasteiger partial charge in [0.05, 0.1) is 18.1 Å². The Kier molecular flexibility index (Phi) is 5.48. The van der Waals surface area contributed by atoms with Crippen LogP contribution >= 0.6 is 0 Å². The molecule has 1 aliphatic heterocycles. The molecule has 0 aliphatic carbocycles. The van der Waals surface area contributed by atoms with Crippen molar-refractivity contribution < 1.29 is 25.0 Å². The van der Waals surface area contributed by atoms with Gasteiger partial charge in [-0.15, -0.1) is 0 Å². The van der Waals surface area contributed by atoms with Crippen molar-refractivity contribution in [3.8, 4) is 11.5 Å². The highest BCUT2D eigenvalue weighted by atomic mass is 16.6. The van der Waals surface area contributed by atoms with Gasteiger partial charge in [0.25, 0.3) is 0 Å². The van der Waals surface area contributed by atoms with Crippen molar-refractivity contribution in [1.82, 2.24) is 9.80 Å². The van der Waals surface area contributed by atoms with Gasteiger partial charge in [-0.2, -0.15) is 0 Å². The highest BCUT2D eigenvalue weighted by Crippen LogP contribution is 2.36. The van der Waals surface area contributed by atoms with Crippen LogP contribution in [0.15, 0.2) is 12.1 Å². The number of Topliss-reactive ketones (excluding diaryl/α,β-unsaturated/α-hetero) is 1. The summed E-state index contributed by atoms with van der Waals surface area (Å²) < 4.78 is 0. The van der Waals surface area contributed by atoms with E-state index in [2.05, 4.69) is 4.90 Å². The number of hydrogen-bond acceptors (Lipinski definition) is 8. The number of benzene rings is 1. The number of β-amino-alcohol motifs (C(OH)–C–C–N with tert-alkyl or cyclic N) is 1. The Morgan fingerprint density at radius 2 is 1.78 bits per heavy atom. The molecule has 0 radical (unpaired) electrons. The zero-order valence-electron chi connectivity index (χ0n) is 12.5. The third-order valence-corrected chi connectivity index (χ3v) is 3.84. The van der Waals surface area contributed by atoms with Gasteiger partial charge in [-0.25, -0.2) is 0 Å². The molecule has 0 saturated carbocycles. The van der Waals surface area contributed by atoms with Crippen molar-refractivity contribution in [2.45, 2.75) is 0 Å². The van der Waals surface area contributed by atoms with Gasteiger partial charge in [-0.1, -0.05) is 0 Å². The van der Waals surface area contributed by atoms with Crippen LogP contribution < -0.4 is 0 Å². The van der Waals surface area contributed by atoms with Crippen LogP contribution in [0.2, 0.25) is 0 Å². The maximum absolute atomic E-state index is 12.2. The number of carbonyl (C=O) groups excluding carboxylic acids is 1. The second-order valence-electron chi connectivity index (χ2n) is 5.38. The average molecular weight is 325 g/mol. The number of nitrogens with zero attached hydrogens (tertiary/aromatic N) is 3. The molecule has 1 aliphatic rings. The van der Waals surface area contributed by atoms with E-state index >= 15 is 0 Å². The van der Waals surface area contributed by atoms with Gasteiger partial charge in [0.1, 0.15) is 0 Å². The summed E-state index contributed by atoms with van der Waals surface area (Å²) in [6, 6.07) is 2.01. The van der Waals surface area contributed by atoms with Crippen molar-refractivity contribution in [3.63, 3.8) is 0 Å². The van der Waals surface area contributed by atoms with Gasteiger partial charge in [0.15, 0.2) is 11.5 Å². The highest BCUT2D eigenvalue weighted by Gasteiger charge is 2.24. The number of rotatable bonds is 6. The number of carbonyl (C=O) groups is 1. The molecule has 9 nitrogen and oxygen atoms in total. The molecule has 0 atom stereocenters. The summed E-state index contributed by atoms with van der Waals surface area (Å²) in [7, 11) is 0. The molecule has 0 amide bonds. The maximum atomic E-state index is 12.2. The van der Waals surface area contributed by atoms with Crippen LogP contribution in [-0.4, -0.2) is 81.7 Å². The summed E-state index contributed by atoms with van der Waals surface area (Å²) in [6.45, 7) is 3.53. The van der Waals surface area contributed by atoms with Crippen LogP contribution in [0.5, 0.6) is 11.5 Å². The topological polar surface area (TPSA) is 127 Å². The summed E-state index contributed by atoms with van der Waals surface area (Å²) in [5.74, 6) is -1.89. The van der Waals surface area contributed by atoms with Crippen LogP contribution in [0.1, 0.15) is 10.4 Å². The number of phenolic OH excluding ortho intramolecular Hbond substituents is 2. The fourth-order valence-corrected chi connectivity index (χ4v) is 2.51. The van der Waals surface area contributed by atoms with Crippen molar-refractivity contribution in [2.75, 3.05) is 45.9 Å². The van der Waals surface area contributed by atoms with Gasteiger partial charge >= 0.3 is 5.69 Å². The largest absolute Gasteiger partial charge is 0.504 e. The number of nitro benzene ring substituents is 1. The van der Waals surface area contributed by atoms with Crippen LogP contribution in [-0.2, 0) is 0 Å². The fraction of sp³-hybridized carbons (Fsp3) is 0.500. The molecule has 1 saturated heterocycles. The SMILES string of the molecule is O=C(CN1CCN(CCO)CC1)c1cc(O)c(O)c([N+](=O)[O-])c1. The average Bonchev–Trinajstić information content (AvgIpc) is 2.51. The Morgan fingerprint density at radius 1 is 1.17 bits per heavy atom. The standard InChI is InChI=1S/C14H19N3O6/c18-6-5-15-1-3-16(4-2-15)9-13(20)10-7-11(17(22)23)14(21)12(19)8-10/h7-8,18-19,21H,1-6,9H2. The molecule has 3 N–H and O–H groups in total. The molecule has 23 heavy (non-hydrogen) atoms. The second kappa shape index (κ2) is 7.36. The van der Waals surface area contributed by atoms with Crippen LogP contribution in [0.25, 0.3) is 0 Å². The number of nitro groups is 1. The molecule has 1 fully saturated rings. The van der Waals surface area contributed by atoms with E-state index in [9.17, 15) is 25.1 Å². The molecule has 1 aromatic carbocycles. The Morgan fingerprint density at radius 3 is 2.35 bits per heavy atom. The number of ketones is 1. The Hall–Kier alpha value is -2.23. The van der Waals surface area contributed by atoms with E-state index in [1.165, 1.54) is 0 Å². The molecule has 0 aromatic heterocycles. The number of phenols is 2. The minimum atomic E-state index is -0.848. The maximum Gasteiger partial charge on any atom is 0.315 e. The summed E-state index contributed by atoms with van der Waals surface area (Å²) >= 11 is 0. The van der Waals surface area contributed by atoms with E-state index in [0.29, 0.717) is 19.6 Å².